The summed E-state index contributed by atoms with van der Waals surface area (Å²) in [6.45, 7) is 0. The maximum absolute atomic E-state index is 4.36. The molecule has 1 N–H and O–H groups in total. The highest BCUT2D eigenvalue weighted by atomic mass is 16.3. The van der Waals surface area contributed by atoms with E-state index in [9.17, 15) is 0 Å². The smallest absolute Gasteiger partial charge is 0.203 e. The summed E-state index contributed by atoms with van der Waals surface area (Å²) in [6.07, 6.45) is 5.99. The molecule has 52 valence electrons. The monoisotopic (exact) mass is 138 g/mol. The summed E-state index contributed by atoms with van der Waals surface area (Å²) in [5.74, 6) is 0. The van der Waals surface area contributed by atoms with Crippen molar-refractivity contribution in [2.24, 2.45) is 0 Å². The molecular weight excluding hydrogens is 132 g/mol. The first-order valence-electron chi connectivity index (χ1n) is 2.62. The molecule has 0 aliphatic heterocycles. The average molecular weight is 138 g/mol. The zero-order chi connectivity index (χ0) is 7.07. The predicted octanol–water partition coefficient (Wildman–Crippen LogP) is 0.479. The van der Waals surface area contributed by atoms with Crippen molar-refractivity contribution >= 4 is 0 Å². The van der Waals surface area contributed by atoms with Crippen molar-refractivity contribution in [2.75, 3.05) is 0 Å². The van der Waals surface area contributed by atoms with Gasteiger partial charge in [0.05, 0.1) is 0 Å². The highest BCUT2D eigenvalue weighted by Gasteiger charge is 1.60. The van der Waals surface area contributed by atoms with Gasteiger partial charge in [-0.25, -0.2) is 0 Å². The van der Waals surface area contributed by atoms with Crippen molar-refractivity contribution in [3.63, 3.8) is 0 Å². The van der Waals surface area contributed by atoms with Gasteiger partial charge in [-0.05, 0) is 6.07 Å². The number of aromatic nitrogens is 4. The Balaban J connectivity index is 0.0000001000. The molecule has 0 amide bonds. The number of rotatable bonds is 0. The Labute approximate surface area is 57.1 Å². The van der Waals surface area contributed by atoms with E-state index in [1.165, 1.54) is 12.8 Å². The quantitative estimate of drug-likeness (QED) is 0.574. The van der Waals surface area contributed by atoms with Crippen molar-refractivity contribution in [3.05, 3.63) is 31.2 Å². The van der Waals surface area contributed by atoms with E-state index in [0.717, 1.165) is 0 Å². The minimum atomic E-state index is 1.26. The van der Waals surface area contributed by atoms with E-state index in [4.69, 9.17) is 0 Å². The summed E-state index contributed by atoms with van der Waals surface area (Å²) < 4.78 is 4.36. The van der Waals surface area contributed by atoms with Crippen molar-refractivity contribution in [1.29, 1.82) is 0 Å². The molecule has 2 rings (SSSR count). The van der Waals surface area contributed by atoms with Crippen LogP contribution in [0.4, 0.5) is 0 Å². The lowest BCUT2D eigenvalue weighted by atomic mass is 10.8. The van der Waals surface area contributed by atoms with Crippen molar-refractivity contribution in [2.45, 2.75) is 0 Å². The van der Waals surface area contributed by atoms with Crippen molar-refractivity contribution < 1.29 is 4.42 Å². The van der Waals surface area contributed by atoms with E-state index >= 15 is 0 Å². The molecule has 2 aromatic heterocycles. The first-order valence-corrected chi connectivity index (χ1v) is 2.62. The lowest BCUT2D eigenvalue weighted by Gasteiger charge is -1.49. The fourth-order valence-electron chi connectivity index (χ4n) is 0.351. The SMILES string of the molecule is c1cn[nH]c1.c1nnco1. The lowest BCUT2D eigenvalue weighted by Crippen LogP contribution is -1.53. The first kappa shape index (κ1) is 6.47. The standard InChI is InChI=1S/C3H4N2.C2H2N2O/c1-2-4-5-3-1;1-3-4-2-5-1/h1-3H,(H,4,5);1-2H. The normalized spacial score (nSPS) is 8.00. The third-order valence-electron chi connectivity index (χ3n) is 0.689. The van der Waals surface area contributed by atoms with Crippen LogP contribution in [0.3, 0.4) is 0 Å². The molecule has 0 unspecified atom stereocenters. The van der Waals surface area contributed by atoms with Gasteiger partial charge in [-0.3, -0.25) is 5.10 Å². The van der Waals surface area contributed by atoms with Gasteiger partial charge in [0, 0.05) is 12.4 Å². The predicted molar refractivity (Wildman–Crippen MR) is 32.9 cm³/mol. The number of hydrogen-bond donors (Lipinski definition) is 1. The van der Waals surface area contributed by atoms with Gasteiger partial charge in [0.15, 0.2) is 0 Å². The summed E-state index contributed by atoms with van der Waals surface area (Å²) in [5.41, 5.74) is 0. The number of H-pyrrole nitrogens is 1. The fourth-order valence-corrected chi connectivity index (χ4v) is 0.351. The van der Waals surface area contributed by atoms with E-state index in [2.05, 4.69) is 24.8 Å². The summed E-state index contributed by atoms with van der Waals surface area (Å²) in [5, 5.41) is 12.8. The zero-order valence-electron chi connectivity index (χ0n) is 5.14. The highest BCUT2D eigenvalue weighted by molar-refractivity contribution is 4.72. The molecule has 0 aromatic carbocycles. The Kier molecular flexibility index (Phi) is 2.75. The van der Waals surface area contributed by atoms with E-state index in [0.29, 0.717) is 0 Å². The molecule has 5 nitrogen and oxygen atoms in total. The molecule has 0 saturated carbocycles. The minimum absolute atomic E-state index is 1.26. The molecule has 0 saturated heterocycles. The van der Waals surface area contributed by atoms with Crippen molar-refractivity contribution in [1.82, 2.24) is 20.4 Å². The molecule has 2 aromatic rings. The summed E-state index contributed by atoms with van der Waals surface area (Å²) in [6, 6.07) is 1.83. The molecular formula is C5H6N4O. The molecule has 10 heavy (non-hydrogen) atoms. The number of nitrogens with zero attached hydrogens (tertiary/aromatic N) is 3. The molecule has 0 bridgehead atoms. The third-order valence-corrected chi connectivity index (χ3v) is 0.689. The van der Waals surface area contributed by atoms with Gasteiger partial charge in [-0.15, -0.1) is 10.2 Å². The van der Waals surface area contributed by atoms with E-state index in [-0.39, 0.29) is 0 Å². The van der Waals surface area contributed by atoms with Gasteiger partial charge in [-0.1, -0.05) is 0 Å². The maximum Gasteiger partial charge on any atom is 0.203 e. The second-order valence-electron chi connectivity index (χ2n) is 1.34. The van der Waals surface area contributed by atoms with E-state index < -0.39 is 0 Å². The lowest BCUT2D eigenvalue weighted by molar-refractivity contribution is 0.553. The molecule has 0 fully saturated rings. The second kappa shape index (κ2) is 4.25. The van der Waals surface area contributed by atoms with Crippen LogP contribution in [-0.2, 0) is 0 Å². The number of hydrogen-bond acceptors (Lipinski definition) is 4. The largest absolute Gasteiger partial charge is 0.431 e. The van der Waals surface area contributed by atoms with Crippen LogP contribution in [0, 0.1) is 0 Å². The van der Waals surface area contributed by atoms with Gasteiger partial charge < -0.3 is 4.42 Å². The van der Waals surface area contributed by atoms with Gasteiger partial charge in [-0.2, -0.15) is 5.10 Å². The van der Waals surface area contributed by atoms with Crippen LogP contribution < -0.4 is 0 Å². The Morgan fingerprint density at radius 1 is 1.20 bits per heavy atom. The molecule has 5 heteroatoms. The van der Waals surface area contributed by atoms with Gasteiger partial charge in [0.2, 0.25) is 12.8 Å². The van der Waals surface area contributed by atoms with Gasteiger partial charge in [0.1, 0.15) is 0 Å². The Morgan fingerprint density at radius 3 is 2.20 bits per heavy atom. The van der Waals surface area contributed by atoms with Crippen LogP contribution in [0.25, 0.3) is 0 Å². The second-order valence-corrected chi connectivity index (χ2v) is 1.34. The van der Waals surface area contributed by atoms with Crippen molar-refractivity contribution in [3.8, 4) is 0 Å². The summed E-state index contributed by atoms with van der Waals surface area (Å²) in [7, 11) is 0. The van der Waals surface area contributed by atoms with Gasteiger partial charge >= 0.3 is 0 Å². The molecule has 0 aliphatic rings. The topological polar surface area (TPSA) is 67.6 Å². The van der Waals surface area contributed by atoms with Crippen LogP contribution in [0.5, 0.6) is 0 Å². The molecule has 0 radical (unpaired) electrons. The van der Waals surface area contributed by atoms with Crippen LogP contribution in [-0.4, -0.2) is 20.4 Å². The van der Waals surface area contributed by atoms with Crippen LogP contribution in [0.1, 0.15) is 0 Å². The summed E-state index contributed by atoms with van der Waals surface area (Å²) >= 11 is 0. The van der Waals surface area contributed by atoms with E-state index in [1.54, 1.807) is 12.4 Å². The third kappa shape index (κ3) is 2.61. The Hall–Kier alpha value is -1.65. The van der Waals surface area contributed by atoms with E-state index in [1.807, 2.05) is 6.07 Å². The first-order chi connectivity index (χ1) is 5.00. The molecule has 0 atom stereocenters. The number of nitrogens with one attached hydrogen (secondary N) is 1. The van der Waals surface area contributed by atoms with Crippen LogP contribution >= 0.6 is 0 Å². The minimum Gasteiger partial charge on any atom is -0.431 e. The summed E-state index contributed by atoms with van der Waals surface area (Å²) in [4.78, 5) is 0. The highest BCUT2D eigenvalue weighted by Crippen LogP contribution is 1.65. The fraction of sp³-hybridized carbons (Fsp3) is 0. The van der Waals surface area contributed by atoms with Gasteiger partial charge in [0.25, 0.3) is 0 Å². The Bertz CT molecular complexity index is 153. The number of aromatic amines is 1. The van der Waals surface area contributed by atoms with Crippen LogP contribution in [0.15, 0.2) is 35.7 Å². The molecule has 0 spiro atoms. The van der Waals surface area contributed by atoms with Crippen LogP contribution in [0.2, 0.25) is 0 Å². The molecule has 2 heterocycles. The maximum atomic E-state index is 4.36. The average Bonchev–Trinajstić information content (AvgIpc) is 2.67. The Morgan fingerprint density at radius 2 is 2.00 bits per heavy atom. The molecule has 0 aliphatic carbocycles. The zero-order valence-corrected chi connectivity index (χ0v) is 5.14.